The second kappa shape index (κ2) is 5.91. The van der Waals surface area contributed by atoms with Crippen LogP contribution in [-0.2, 0) is 16.6 Å². The summed E-state index contributed by atoms with van der Waals surface area (Å²) in [6.45, 7) is 2.13. The van der Waals surface area contributed by atoms with Gasteiger partial charge in [0.15, 0.2) is 0 Å². The molecule has 0 unspecified atom stereocenters. The highest BCUT2D eigenvalue weighted by molar-refractivity contribution is 7.89. The molecule has 0 saturated heterocycles. The molecule has 2 aromatic rings. The smallest absolute Gasteiger partial charge is 0.242 e. The Bertz CT molecular complexity index is 742. The van der Waals surface area contributed by atoms with Crippen LogP contribution in [-0.4, -0.2) is 8.42 Å². The lowest BCUT2D eigenvalue weighted by molar-refractivity contribution is 0.581. The molecule has 1 heterocycles. The van der Waals surface area contributed by atoms with Crippen LogP contribution in [0.15, 0.2) is 27.8 Å². The van der Waals surface area contributed by atoms with Gasteiger partial charge in [-0.25, -0.2) is 13.1 Å². The number of rotatable bonds is 4. The average molecular weight is 351 g/mol. The lowest BCUT2D eigenvalue weighted by Gasteiger charge is -2.10. The fourth-order valence-electron chi connectivity index (χ4n) is 1.58. The molecule has 108 valence electrons. The first-order chi connectivity index (χ1) is 9.33. The number of aryl methyl sites for hydroxylation is 1. The number of thiophene rings is 1. The Morgan fingerprint density at radius 1 is 1.30 bits per heavy atom. The first-order valence-electron chi connectivity index (χ1n) is 5.57. The van der Waals surface area contributed by atoms with Crippen molar-refractivity contribution < 1.29 is 8.42 Å². The van der Waals surface area contributed by atoms with E-state index in [2.05, 4.69) is 4.72 Å². The molecule has 0 radical (unpaired) electrons. The molecule has 1 aromatic carbocycles. The molecule has 4 nitrogen and oxygen atoms in total. The van der Waals surface area contributed by atoms with Crippen molar-refractivity contribution >= 4 is 50.2 Å². The standard InChI is InChI=1S/C12H12Cl2N2O2S2/c1-7-5-19-6-8(7)4-16-20(17,18)10-3-2-9(13)12(15)11(10)14/h2-3,5-6,16H,4,15H2,1H3. The SMILES string of the molecule is Cc1cscc1CNS(=O)(=O)c1ccc(Cl)c(N)c1Cl. The van der Waals surface area contributed by atoms with Crippen LogP contribution >= 0.6 is 34.5 Å². The van der Waals surface area contributed by atoms with E-state index < -0.39 is 10.0 Å². The summed E-state index contributed by atoms with van der Waals surface area (Å²) >= 11 is 13.3. The molecule has 3 N–H and O–H groups in total. The topological polar surface area (TPSA) is 72.2 Å². The maximum atomic E-state index is 12.2. The zero-order valence-electron chi connectivity index (χ0n) is 10.5. The Balaban J connectivity index is 2.27. The van der Waals surface area contributed by atoms with Crippen LogP contribution in [0.2, 0.25) is 10.0 Å². The maximum Gasteiger partial charge on any atom is 0.242 e. The fourth-order valence-corrected chi connectivity index (χ4v) is 4.20. The molecule has 0 aliphatic carbocycles. The molecule has 0 aliphatic heterocycles. The summed E-state index contributed by atoms with van der Waals surface area (Å²) in [6, 6.07) is 2.75. The lowest BCUT2D eigenvalue weighted by atomic mass is 10.2. The van der Waals surface area contributed by atoms with Crippen LogP contribution in [0, 0.1) is 6.92 Å². The highest BCUT2D eigenvalue weighted by atomic mass is 35.5. The maximum absolute atomic E-state index is 12.2. The molecule has 1 aromatic heterocycles. The highest BCUT2D eigenvalue weighted by Gasteiger charge is 2.20. The first kappa shape index (κ1) is 15.6. The normalized spacial score (nSPS) is 11.8. The van der Waals surface area contributed by atoms with Crippen LogP contribution in [0.5, 0.6) is 0 Å². The number of nitrogen functional groups attached to an aromatic ring is 1. The number of nitrogens with two attached hydrogens (primary N) is 1. The monoisotopic (exact) mass is 350 g/mol. The third-order valence-corrected chi connectivity index (χ3v) is 6.00. The van der Waals surface area contributed by atoms with Gasteiger partial charge in [-0.1, -0.05) is 23.2 Å². The molecule has 8 heteroatoms. The summed E-state index contributed by atoms with van der Waals surface area (Å²) < 4.78 is 27.0. The predicted molar refractivity (Wildman–Crippen MR) is 84.0 cm³/mol. The summed E-state index contributed by atoms with van der Waals surface area (Å²) in [5, 5.41) is 4.02. The number of anilines is 1. The van der Waals surface area contributed by atoms with Gasteiger partial charge in [-0.2, -0.15) is 11.3 Å². The second-order valence-corrected chi connectivity index (χ2v) is 7.44. The Hall–Kier alpha value is -0.790. The number of sulfonamides is 1. The van der Waals surface area contributed by atoms with Crippen molar-refractivity contribution in [2.24, 2.45) is 0 Å². The van der Waals surface area contributed by atoms with Crippen molar-refractivity contribution in [2.75, 3.05) is 5.73 Å². The Kier molecular flexibility index (Phi) is 4.61. The third kappa shape index (κ3) is 3.10. The minimum absolute atomic E-state index is 0.0583. The van der Waals surface area contributed by atoms with Crippen molar-refractivity contribution in [1.29, 1.82) is 0 Å². The largest absolute Gasteiger partial charge is 0.396 e. The number of halogens is 2. The summed E-state index contributed by atoms with van der Waals surface area (Å²) in [6.07, 6.45) is 0. The highest BCUT2D eigenvalue weighted by Crippen LogP contribution is 2.33. The van der Waals surface area contributed by atoms with Gasteiger partial charge in [0.1, 0.15) is 4.90 Å². The summed E-state index contributed by atoms with van der Waals surface area (Å²) in [4.78, 5) is -0.0750. The molecule has 0 atom stereocenters. The summed E-state index contributed by atoms with van der Waals surface area (Å²) in [7, 11) is -3.74. The van der Waals surface area contributed by atoms with Gasteiger partial charge in [-0.05, 0) is 40.9 Å². The van der Waals surface area contributed by atoms with Gasteiger partial charge in [-0.3, -0.25) is 0 Å². The van der Waals surface area contributed by atoms with Gasteiger partial charge in [-0.15, -0.1) is 0 Å². The molecule has 20 heavy (non-hydrogen) atoms. The van der Waals surface area contributed by atoms with E-state index in [0.717, 1.165) is 11.1 Å². The van der Waals surface area contributed by atoms with Gasteiger partial charge in [0.2, 0.25) is 10.0 Å². The Morgan fingerprint density at radius 2 is 2.00 bits per heavy atom. The first-order valence-corrected chi connectivity index (χ1v) is 8.76. The van der Waals surface area contributed by atoms with E-state index in [0.29, 0.717) is 0 Å². The minimum Gasteiger partial charge on any atom is -0.396 e. The van der Waals surface area contributed by atoms with Crippen molar-refractivity contribution in [3.8, 4) is 0 Å². The molecule has 2 rings (SSSR count). The average Bonchev–Trinajstić information content (AvgIpc) is 2.79. The molecule has 0 bridgehead atoms. The van der Waals surface area contributed by atoms with Gasteiger partial charge in [0, 0.05) is 6.54 Å². The van der Waals surface area contributed by atoms with Crippen LogP contribution < -0.4 is 10.5 Å². The van der Waals surface area contributed by atoms with Crippen molar-refractivity contribution in [2.45, 2.75) is 18.4 Å². The molecule has 0 fully saturated rings. The van der Waals surface area contributed by atoms with Gasteiger partial charge in [0.25, 0.3) is 0 Å². The fraction of sp³-hybridized carbons (Fsp3) is 0.167. The van der Waals surface area contributed by atoms with E-state index in [1.165, 1.54) is 23.5 Å². The minimum atomic E-state index is -3.74. The molecule has 0 saturated carbocycles. The van der Waals surface area contributed by atoms with E-state index in [1.807, 2.05) is 17.7 Å². The summed E-state index contributed by atoms with van der Waals surface area (Å²) in [5.74, 6) is 0. The quantitative estimate of drug-likeness (QED) is 0.829. The van der Waals surface area contributed by atoms with Crippen molar-refractivity contribution in [1.82, 2.24) is 4.72 Å². The van der Waals surface area contributed by atoms with E-state index in [1.54, 1.807) is 0 Å². The van der Waals surface area contributed by atoms with E-state index >= 15 is 0 Å². The third-order valence-electron chi connectivity index (χ3n) is 2.79. The van der Waals surface area contributed by atoms with Crippen molar-refractivity contribution in [3.63, 3.8) is 0 Å². The van der Waals surface area contributed by atoms with E-state index in [-0.39, 0.29) is 27.2 Å². The molecular weight excluding hydrogens is 339 g/mol. The summed E-state index contributed by atoms with van der Waals surface area (Å²) in [5.41, 5.74) is 7.67. The zero-order chi connectivity index (χ0) is 14.9. The van der Waals surface area contributed by atoms with Crippen LogP contribution in [0.1, 0.15) is 11.1 Å². The van der Waals surface area contributed by atoms with Gasteiger partial charge < -0.3 is 5.73 Å². The van der Waals surface area contributed by atoms with Crippen LogP contribution in [0.25, 0.3) is 0 Å². The van der Waals surface area contributed by atoms with Crippen LogP contribution in [0.4, 0.5) is 5.69 Å². The molecule has 0 spiro atoms. The molecular formula is C12H12Cl2N2O2S2. The van der Waals surface area contributed by atoms with Crippen LogP contribution in [0.3, 0.4) is 0 Å². The predicted octanol–water partition coefficient (Wildman–Crippen LogP) is 3.42. The number of hydrogen-bond donors (Lipinski definition) is 2. The van der Waals surface area contributed by atoms with Gasteiger partial charge >= 0.3 is 0 Å². The lowest BCUT2D eigenvalue weighted by Crippen LogP contribution is -2.23. The Labute approximate surface area is 131 Å². The van der Waals surface area contributed by atoms with E-state index in [4.69, 9.17) is 28.9 Å². The molecule has 0 amide bonds. The number of nitrogens with one attached hydrogen (secondary N) is 1. The van der Waals surface area contributed by atoms with E-state index in [9.17, 15) is 8.42 Å². The number of hydrogen-bond acceptors (Lipinski definition) is 4. The molecule has 0 aliphatic rings. The number of benzene rings is 1. The Morgan fingerprint density at radius 3 is 2.60 bits per heavy atom. The zero-order valence-corrected chi connectivity index (χ0v) is 13.6. The van der Waals surface area contributed by atoms with Crippen molar-refractivity contribution in [3.05, 3.63) is 44.1 Å². The second-order valence-electron chi connectivity index (χ2n) is 4.18. The van der Waals surface area contributed by atoms with Gasteiger partial charge in [0.05, 0.1) is 15.7 Å².